The molecule has 1 N–H and O–H groups in total. The standard InChI is InChI=1S/C16H23NO2S/c1-19-16-5-3-12-2-4-15(10-13(12)11-16)17-14-6-8-20(18)9-7-14/h3,5,11,14-15,17H,2,4,6-10H2,1H3. The maximum atomic E-state index is 11.4. The highest BCUT2D eigenvalue weighted by molar-refractivity contribution is 7.85. The highest BCUT2D eigenvalue weighted by Crippen LogP contribution is 2.26. The predicted octanol–water partition coefficient (Wildman–Crippen LogP) is 2.05. The van der Waals surface area contributed by atoms with Crippen molar-refractivity contribution in [2.45, 2.75) is 44.2 Å². The van der Waals surface area contributed by atoms with Crippen molar-refractivity contribution in [2.24, 2.45) is 0 Å². The van der Waals surface area contributed by atoms with E-state index in [1.807, 2.05) is 0 Å². The van der Waals surface area contributed by atoms with Gasteiger partial charge < -0.3 is 10.1 Å². The van der Waals surface area contributed by atoms with Crippen LogP contribution in [0.25, 0.3) is 0 Å². The molecule has 1 aromatic carbocycles. The minimum absolute atomic E-state index is 0.560. The molecule has 20 heavy (non-hydrogen) atoms. The van der Waals surface area contributed by atoms with E-state index < -0.39 is 10.8 Å². The third-order valence-electron chi connectivity index (χ3n) is 4.50. The highest BCUT2D eigenvalue weighted by Gasteiger charge is 2.24. The first-order valence-electron chi connectivity index (χ1n) is 7.51. The second-order valence-electron chi connectivity index (χ2n) is 5.86. The molecule has 1 fully saturated rings. The summed E-state index contributed by atoms with van der Waals surface area (Å²) in [4.78, 5) is 0. The van der Waals surface area contributed by atoms with E-state index in [1.54, 1.807) is 7.11 Å². The number of hydrogen-bond acceptors (Lipinski definition) is 3. The van der Waals surface area contributed by atoms with Gasteiger partial charge in [0, 0.05) is 34.4 Å². The van der Waals surface area contributed by atoms with E-state index in [4.69, 9.17) is 4.74 Å². The summed E-state index contributed by atoms with van der Waals surface area (Å²) in [7, 11) is 1.16. The van der Waals surface area contributed by atoms with E-state index in [0.717, 1.165) is 42.9 Å². The minimum atomic E-state index is -0.565. The Bertz CT molecular complexity index is 493. The van der Waals surface area contributed by atoms with E-state index in [0.29, 0.717) is 12.1 Å². The van der Waals surface area contributed by atoms with Gasteiger partial charge in [0.1, 0.15) is 5.75 Å². The summed E-state index contributed by atoms with van der Waals surface area (Å²) in [5.41, 5.74) is 2.89. The Hall–Kier alpha value is -0.870. The molecule has 1 aliphatic carbocycles. The molecule has 1 aromatic rings. The first kappa shape index (κ1) is 14.1. The van der Waals surface area contributed by atoms with Gasteiger partial charge in [0.2, 0.25) is 0 Å². The molecule has 3 rings (SSSR count). The van der Waals surface area contributed by atoms with Crippen LogP contribution in [0.2, 0.25) is 0 Å². The number of ether oxygens (including phenoxy) is 1. The van der Waals surface area contributed by atoms with Crippen molar-refractivity contribution in [1.82, 2.24) is 5.32 Å². The zero-order chi connectivity index (χ0) is 13.9. The second-order valence-corrected chi connectivity index (χ2v) is 7.56. The fraction of sp³-hybridized carbons (Fsp3) is 0.625. The van der Waals surface area contributed by atoms with Gasteiger partial charge in [0.05, 0.1) is 7.11 Å². The fourth-order valence-corrected chi connectivity index (χ4v) is 4.60. The Labute approximate surface area is 123 Å². The van der Waals surface area contributed by atoms with Crippen LogP contribution in [0.3, 0.4) is 0 Å². The summed E-state index contributed by atoms with van der Waals surface area (Å²) in [6.45, 7) is 0. The molecule has 1 aliphatic heterocycles. The molecule has 0 spiro atoms. The van der Waals surface area contributed by atoms with E-state index in [-0.39, 0.29) is 0 Å². The highest BCUT2D eigenvalue weighted by atomic mass is 32.2. The predicted molar refractivity (Wildman–Crippen MR) is 82.8 cm³/mol. The van der Waals surface area contributed by atoms with Crippen LogP contribution < -0.4 is 10.1 Å². The van der Waals surface area contributed by atoms with Crippen molar-refractivity contribution in [1.29, 1.82) is 0 Å². The molecule has 1 atom stereocenters. The number of hydrogen-bond donors (Lipinski definition) is 1. The lowest BCUT2D eigenvalue weighted by atomic mass is 9.87. The van der Waals surface area contributed by atoms with Crippen LogP contribution in [0.5, 0.6) is 5.75 Å². The summed E-state index contributed by atoms with van der Waals surface area (Å²) in [6.07, 6.45) is 5.57. The van der Waals surface area contributed by atoms with Crippen LogP contribution in [0, 0.1) is 0 Å². The van der Waals surface area contributed by atoms with E-state index in [1.165, 1.54) is 17.5 Å². The maximum Gasteiger partial charge on any atom is 0.119 e. The Kier molecular flexibility index (Phi) is 4.41. The number of benzene rings is 1. The summed E-state index contributed by atoms with van der Waals surface area (Å²) in [6, 6.07) is 7.56. The largest absolute Gasteiger partial charge is 0.497 e. The van der Waals surface area contributed by atoms with Gasteiger partial charge in [-0.1, -0.05) is 6.07 Å². The fourth-order valence-electron chi connectivity index (χ4n) is 3.30. The molecule has 110 valence electrons. The van der Waals surface area contributed by atoms with Gasteiger partial charge in [-0.15, -0.1) is 0 Å². The zero-order valence-electron chi connectivity index (χ0n) is 12.1. The molecule has 2 aliphatic rings. The number of rotatable bonds is 3. The van der Waals surface area contributed by atoms with Gasteiger partial charge in [-0.25, -0.2) is 0 Å². The summed E-state index contributed by atoms with van der Waals surface area (Å²) in [5.74, 6) is 2.70. The molecule has 0 bridgehead atoms. The Morgan fingerprint density at radius 2 is 1.95 bits per heavy atom. The Morgan fingerprint density at radius 3 is 2.70 bits per heavy atom. The van der Waals surface area contributed by atoms with E-state index in [2.05, 4.69) is 23.5 Å². The van der Waals surface area contributed by atoms with Crippen LogP contribution in [-0.2, 0) is 23.6 Å². The van der Waals surface area contributed by atoms with Crippen molar-refractivity contribution < 1.29 is 8.95 Å². The SMILES string of the molecule is COc1ccc2c(c1)CC(NC1CCS(=O)CC1)CC2. The number of nitrogens with one attached hydrogen (secondary N) is 1. The van der Waals surface area contributed by atoms with Crippen molar-refractivity contribution in [2.75, 3.05) is 18.6 Å². The van der Waals surface area contributed by atoms with Gasteiger partial charge in [-0.2, -0.15) is 0 Å². The number of methoxy groups -OCH3 is 1. The summed E-state index contributed by atoms with van der Waals surface area (Å²) < 4.78 is 16.7. The quantitative estimate of drug-likeness (QED) is 0.927. The van der Waals surface area contributed by atoms with E-state index in [9.17, 15) is 4.21 Å². The van der Waals surface area contributed by atoms with Gasteiger partial charge in [0.25, 0.3) is 0 Å². The molecule has 4 heteroatoms. The normalized spacial score (nSPS) is 29.8. The third kappa shape index (κ3) is 3.23. The first-order valence-corrected chi connectivity index (χ1v) is 9.00. The average molecular weight is 293 g/mol. The number of fused-ring (bicyclic) bond motifs is 1. The monoisotopic (exact) mass is 293 g/mol. The minimum Gasteiger partial charge on any atom is -0.497 e. The molecule has 0 aromatic heterocycles. The number of aryl methyl sites for hydroxylation is 1. The molecular weight excluding hydrogens is 270 g/mol. The molecule has 3 nitrogen and oxygen atoms in total. The lowest BCUT2D eigenvalue weighted by Gasteiger charge is -2.31. The van der Waals surface area contributed by atoms with Gasteiger partial charge in [-0.05, 0) is 55.4 Å². The summed E-state index contributed by atoms with van der Waals surface area (Å²) in [5, 5.41) is 3.78. The molecular formula is C16H23NO2S. The van der Waals surface area contributed by atoms with Crippen LogP contribution in [0.15, 0.2) is 18.2 Å². The van der Waals surface area contributed by atoms with Gasteiger partial charge in [-0.3, -0.25) is 4.21 Å². The third-order valence-corrected chi connectivity index (χ3v) is 5.88. The molecule has 1 saturated heterocycles. The van der Waals surface area contributed by atoms with Gasteiger partial charge in [0.15, 0.2) is 0 Å². The van der Waals surface area contributed by atoms with E-state index >= 15 is 0 Å². The Morgan fingerprint density at radius 1 is 1.15 bits per heavy atom. The molecule has 1 heterocycles. The van der Waals surface area contributed by atoms with Crippen molar-refractivity contribution >= 4 is 10.8 Å². The lowest BCUT2D eigenvalue weighted by molar-refractivity contribution is 0.373. The Balaban J connectivity index is 1.61. The zero-order valence-corrected chi connectivity index (χ0v) is 12.9. The average Bonchev–Trinajstić information content (AvgIpc) is 2.49. The lowest BCUT2D eigenvalue weighted by Crippen LogP contribution is -2.44. The van der Waals surface area contributed by atoms with Crippen molar-refractivity contribution in [3.63, 3.8) is 0 Å². The van der Waals surface area contributed by atoms with Gasteiger partial charge >= 0.3 is 0 Å². The van der Waals surface area contributed by atoms with Crippen LogP contribution in [-0.4, -0.2) is 34.9 Å². The smallest absolute Gasteiger partial charge is 0.119 e. The van der Waals surface area contributed by atoms with Crippen LogP contribution in [0.1, 0.15) is 30.4 Å². The topological polar surface area (TPSA) is 38.3 Å². The second kappa shape index (κ2) is 6.27. The molecule has 0 amide bonds. The van der Waals surface area contributed by atoms with Crippen molar-refractivity contribution in [3.8, 4) is 5.75 Å². The van der Waals surface area contributed by atoms with Crippen molar-refractivity contribution in [3.05, 3.63) is 29.3 Å². The molecule has 0 saturated carbocycles. The van der Waals surface area contributed by atoms with Crippen LogP contribution in [0.4, 0.5) is 0 Å². The molecule has 0 radical (unpaired) electrons. The first-order chi connectivity index (χ1) is 9.74. The molecule has 1 unspecified atom stereocenters. The van der Waals surface area contributed by atoms with Crippen LogP contribution >= 0.6 is 0 Å². The maximum absolute atomic E-state index is 11.4. The summed E-state index contributed by atoms with van der Waals surface area (Å²) >= 11 is 0.